The first-order valence-corrected chi connectivity index (χ1v) is 5.91. The summed E-state index contributed by atoms with van der Waals surface area (Å²) >= 11 is 0. The maximum absolute atomic E-state index is 11.9. The van der Waals surface area contributed by atoms with Crippen LogP contribution in [0.15, 0.2) is 59.2 Å². The number of rotatable bonds is 4. The Bertz CT molecular complexity index is 557. The summed E-state index contributed by atoms with van der Waals surface area (Å²) in [6, 6.07) is 13.4. The van der Waals surface area contributed by atoms with E-state index in [0.717, 1.165) is 5.56 Å². The van der Waals surface area contributed by atoms with Crippen LogP contribution in [0.25, 0.3) is 6.08 Å². The van der Waals surface area contributed by atoms with E-state index in [9.17, 15) is 4.79 Å². The van der Waals surface area contributed by atoms with Crippen molar-refractivity contribution in [1.82, 2.24) is 5.32 Å². The Morgan fingerprint density at radius 2 is 2.00 bits per heavy atom. The summed E-state index contributed by atoms with van der Waals surface area (Å²) in [5, 5.41) is 3.13. The van der Waals surface area contributed by atoms with Gasteiger partial charge in [-0.05, 0) is 17.7 Å². The minimum Gasteiger partial charge on any atom is -0.461 e. The molecule has 0 radical (unpaired) electrons. The second-order valence-electron chi connectivity index (χ2n) is 4.28. The lowest BCUT2D eigenvalue weighted by molar-refractivity contribution is 0.0962. The molecule has 3 rings (SSSR count). The molecule has 3 heteroatoms. The van der Waals surface area contributed by atoms with Crippen LogP contribution in [0.2, 0.25) is 0 Å². The zero-order chi connectivity index (χ0) is 12.4. The molecule has 0 unspecified atom stereocenters. The highest BCUT2D eigenvalue weighted by Gasteiger charge is 2.41. The van der Waals surface area contributed by atoms with Gasteiger partial charge in [0.2, 0.25) is 5.78 Å². The second kappa shape index (κ2) is 4.63. The van der Waals surface area contributed by atoms with Gasteiger partial charge in [0, 0.05) is 6.04 Å². The number of ketones is 1. The summed E-state index contributed by atoms with van der Waals surface area (Å²) in [4.78, 5) is 11.9. The van der Waals surface area contributed by atoms with E-state index < -0.39 is 0 Å². The minimum atomic E-state index is -0.142. The summed E-state index contributed by atoms with van der Waals surface area (Å²) in [5.41, 5.74) is 1.13. The molecule has 1 aromatic heterocycles. The van der Waals surface area contributed by atoms with E-state index in [2.05, 4.69) is 5.32 Å². The fraction of sp³-hybridized carbons (Fsp3) is 0.133. The molecule has 0 spiro atoms. The maximum Gasteiger partial charge on any atom is 0.216 e. The normalized spacial score (nSPS) is 22.2. The molecule has 1 saturated heterocycles. The molecule has 0 aliphatic carbocycles. The fourth-order valence-corrected chi connectivity index (χ4v) is 1.91. The number of furan rings is 1. The average molecular weight is 239 g/mol. The van der Waals surface area contributed by atoms with Gasteiger partial charge in [0.1, 0.15) is 0 Å². The third-order valence-corrected chi connectivity index (χ3v) is 2.96. The van der Waals surface area contributed by atoms with Crippen LogP contribution >= 0.6 is 0 Å². The molecule has 2 atom stereocenters. The molecule has 3 nitrogen and oxygen atoms in total. The predicted octanol–water partition coefficient (Wildman–Crippen LogP) is 2.52. The molecule has 2 heterocycles. The zero-order valence-electron chi connectivity index (χ0n) is 9.74. The van der Waals surface area contributed by atoms with Gasteiger partial charge in [-0.15, -0.1) is 0 Å². The highest BCUT2D eigenvalue weighted by molar-refractivity contribution is 6.00. The zero-order valence-corrected chi connectivity index (χ0v) is 9.74. The highest BCUT2D eigenvalue weighted by atomic mass is 16.3. The van der Waals surface area contributed by atoms with Crippen LogP contribution in [0.3, 0.4) is 0 Å². The fourth-order valence-electron chi connectivity index (χ4n) is 1.91. The number of nitrogens with one attached hydrogen (secondary N) is 1. The molecule has 1 fully saturated rings. The Kier molecular flexibility index (Phi) is 2.82. The van der Waals surface area contributed by atoms with Gasteiger partial charge in [0.25, 0.3) is 0 Å². The number of hydrogen-bond acceptors (Lipinski definition) is 3. The van der Waals surface area contributed by atoms with Crippen molar-refractivity contribution >= 4 is 11.9 Å². The van der Waals surface area contributed by atoms with E-state index in [1.54, 1.807) is 12.1 Å². The second-order valence-corrected chi connectivity index (χ2v) is 4.28. The maximum atomic E-state index is 11.9. The van der Waals surface area contributed by atoms with E-state index in [4.69, 9.17) is 4.42 Å². The van der Waals surface area contributed by atoms with Gasteiger partial charge >= 0.3 is 0 Å². The van der Waals surface area contributed by atoms with Gasteiger partial charge in [0.05, 0.1) is 12.3 Å². The molecule has 1 N–H and O–H groups in total. The van der Waals surface area contributed by atoms with Crippen LogP contribution in [-0.4, -0.2) is 17.9 Å². The third-order valence-electron chi connectivity index (χ3n) is 2.96. The number of benzene rings is 1. The van der Waals surface area contributed by atoms with E-state index in [1.807, 2.05) is 42.5 Å². The molecule has 1 aromatic carbocycles. The van der Waals surface area contributed by atoms with Gasteiger partial charge in [-0.1, -0.05) is 42.5 Å². The molecule has 1 aliphatic heterocycles. The van der Waals surface area contributed by atoms with Crippen molar-refractivity contribution in [2.75, 3.05) is 0 Å². The van der Waals surface area contributed by atoms with Crippen molar-refractivity contribution in [2.45, 2.75) is 12.1 Å². The number of Topliss-reactive ketones (excluding diaryl/α,β-unsaturated/α-hetero) is 1. The standard InChI is InChI=1S/C15H13NO2/c17-15(13-7-4-10-18-13)14-12(16-14)9-8-11-5-2-1-3-6-11/h1-10,12,14,16H/b9-8+/t12-,14+/m1/s1. The van der Waals surface area contributed by atoms with Crippen LogP contribution < -0.4 is 5.32 Å². The van der Waals surface area contributed by atoms with Gasteiger partial charge < -0.3 is 4.42 Å². The van der Waals surface area contributed by atoms with Crippen LogP contribution in [0.1, 0.15) is 16.1 Å². The first kappa shape index (κ1) is 11.0. The van der Waals surface area contributed by atoms with Crippen molar-refractivity contribution < 1.29 is 9.21 Å². The van der Waals surface area contributed by atoms with E-state index in [1.165, 1.54) is 6.26 Å². The Morgan fingerprint density at radius 3 is 2.72 bits per heavy atom. The van der Waals surface area contributed by atoms with Crippen molar-refractivity contribution in [2.24, 2.45) is 0 Å². The Balaban J connectivity index is 1.62. The van der Waals surface area contributed by atoms with Crippen LogP contribution in [0.4, 0.5) is 0 Å². The van der Waals surface area contributed by atoms with Crippen LogP contribution in [0, 0.1) is 0 Å². The van der Waals surface area contributed by atoms with Gasteiger partial charge in [-0.25, -0.2) is 0 Å². The Labute approximate surface area is 105 Å². The molecule has 18 heavy (non-hydrogen) atoms. The largest absolute Gasteiger partial charge is 0.461 e. The van der Waals surface area contributed by atoms with Gasteiger partial charge in [0.15, 0.2) is 5.76 Å². The number of carbonyl (C=O) groups excluding carboxylic acids is 1. The third kappa shape index (κ3) is 2.26. The molecule has 2 aromatic rings. The molecular weight excluding hydrogens is 226 g/mol. The molecule has 0 bridgehead atoms. The minimum absolute atomic E-state index is 0.0164. The topological polar surface area (TPSA) is 52.2 Å². The lowest BCUT2D eigenvalue weighted by Crippen LogP contribution is -2.09. The van der Waals surface area contributed by atoms with Gasteiger partial charge in [-0.3, -0.25) is 10.1 Å². The first-order valence-electron chi connectivity index (χ1n) is 5.91. The van der Waals surface area contributed by atoms with Crippen LogP contribution in [0.5, 0.6) is 0 Å². The van der Waals surface area contributed by atoms with Crippen molar-refractivity contribution in [3.63, 3.8) is 0 Å². The van der Waals surface area contributed by atoms with Gasteiger partial charge in [-0.2, -0.15) is 0 Å². The van der Waals surface area contributed by atoms with E-state index in [0.29, 0.717) is 5.76 Å². The van der Waals surface area contributed by atoms with Crippen molar-refractivity contribution in [1.29, 1.82) is 0 Å². The smallest absolute Gasteiger partial charge is 0.216 e. The Morgan fingerprint density at radius 1 is 1.17 bits per heavy atom. The average Bonchev–Trinajstić information content (AvgIpc) is 2.98. The quantitative estimate of drug-likeness (QED) is 0.659. The van der Waals surface area contributed by atoms with Crippen molar-refractivity contribution in [3.8, 4) is 0 Å². The van der Waals surface area contributed by atoms with Crippen LogP contribution in [-0.2, 0) is 0 Å². The monoisotopic (exact) mass is 239 g/mol. The predicted molar refractivity (Wildman–Crippen MR) is 69.2 cm³/mol. The molecule has 0 amide bonds. The van der Waals surface area contributed by atoms with E-state index >= 15 is 0 Å². The molecular formula is C15H13NO2. The molecule has 90 valence electrons. The summed E-state index contributed by atoms with van der Waals surface area (Å²) < 4.78 is 5.09. The van der Waals surface area contributed by atoms with E-state index in [-0.39, 0.29) is 17.9 Å². The molecule has 1 aliphatic rings. The summed E-state index contributed by atoms with van der Waals surface area (Å²) in [5.74, 6) is 0.436. The first-order chi connectivity index (χ1) is 8.84. The molecule has 0 saturated carbocycles. The Hall–Kier alpha value is -2.13. The summed E-state index contributed by atoms with van der Waals surface area (Å²) in [6.07, 6.45) is 5.55. The number of carbonyl (C=O) groups is 1. The van der Waals surface area contributed by atoms with Crippen molar-refractivity contribution in [3.05, 3.63) is 66.1 Å². The summed E-state index contributed by atoms with van der Waals surface area (Å²) in [6.45, 7) is 0. The summed E-state index contributed by atoms with van der Waals surface area (Å²) in [7, 11) is 0. The number of hydrogen-bond donors (Lipinski definition) is 1. The SMILES string of the molecule is O=C(c1ccco1)[C@H]1N[C@@H]1/C=C/c1ccccc1. The highest BCUT2D eigenvalue weighted by Crippen LogP contribution is 2.19. The lowest BCUT2D eigenvalue weighted by atomic mass is 10.1. The lowest BCUT2D eigenvalue weighted by Gasteiger charge is -1.91.